The van der Waals surface area contributed by atoms with Gasteiger partial charge in [-0.2, -0.15) is 0 Å². The van der Waals surface area contributed by atoms with Crippen molar-refractivity contribution in [1.82, 2.24) is 10.7 Å². The van der Waals surface area contributed by atoms with Crippen molar-refractivity contribution in [3.8, 4) is 0 Å². The number of hydrogen-bond donors (Lipinski definition) is 2. The molecule has 1 fully saturated rings. The number of hydrogen-bond acceptors (Lipinski definition) is 2. The Bertz CT molecular complexity index is 1130. The van der Waals surface area contributed by atoms with Crippen LogP contribution in [0.15, 0.2) is 72.8 Å². The van der Waals surface area contributed by atoms with Gasteiger partial charge in [-0.3, -0.25) is 9.59 Å². The van der Waals surface area contributed by atoms with Gasteiger partial charge in [-0.25, -0.2) is 0 Å². The average molecular weight is 413 g/mol. The Morgan fingerprint density at radius 3 is 2.13 bits per heavy atom. The van der Waals surface area contributed by atoms with Crippen LogP contribution in [0.25, 0.3) is 0 Å². The summed E-state index contributed by atoms with van der Waals surface area (Å²) in [6.45, 7) is 6.20. The highest BCUT2D eigenvalue weighted by atomic mass is 16.2. The van der Waals surface area contributed by atoms with Gasteiger partial charge in [-0.15, -0.1) is 10.1 Å². The molecule has 1 aliphatic rings. The molecule has 0 spiro atoms. The maximum absolute atomic E-state index is 13.0. The van der Waals surface area contributed by atoms with E-state index < -0.39 is 6.04 Å². The Labute approximate surface area is 182 Å². The minimum Gasteiger partial charge on any atom is -0.334 e. The number of hydrazone groups is 1. The van der Waals surface area contributed by atoms with Crippen LogP contribution in [0.5, 0.6) is 0 Å². The lowest BCUT2D eigenvalue weighted by Crippen LogP contribution is -2.42. The van der Waals surface area contributed by atoms with Crippen molar-refractivity contribution in [2.24, 2.45) is 0 Å². The summed E-state index contributed by atoms with van der Waals surface area (Å²) in [5, 5.41) is 2.93. The summed E-state index contributed by atoms with van der Waals surface area (Å²) in [5.74, 6) is -0.511. The average Bonchev–Trinajstić information content (AvgIpc) is 3.06. The Balaban J connectivity index is 1.75. The van der Waals surface area contributed by atoms with E-state index in [9.17, 15) is 9.59 Å². The molecule has 1 aliphatic heterocycles. The lowest BCUT2D eigenvalue weighted by atomic mass is 9.98. The van der Waals surface area contributed by atoms with Crippen LogP contribution in [-0.2, 0) is 4.79 Å². The van der Waals surface area contributed by atoms with E-state index in [0.29, 0.717) is 5.56 Å². The fourth-order valence-corrected chi connectivity index (χ4v) is 4.18. The molecule has 0 saturated carbocycles. The van der Waals surface area contributed by atoms with Crippen LogP contribution in [-0.4, -0.2) is 28.8 Å². The zero-order valence-corrected chi connectivity index (χ0v) is 17.9. The predicted octanol–water partition coefficient (Wildman–Crippen LogP) is 3.63. The molecule has 0 bridgehead atoms. The van der Waals surface area contributed by atoms with Crippen LogP contribution in [0.1, 0.15) is 44.2 Å². The third kappa shape index (κ3) is 4.26. The number of aryl methyl sites for hydroxylation is 3. The summed E-state index contributed by atoms with van der Waals surface area (Å²) in [4.78, 5) is 25.8. The Morgan fingerprint density at radius 1 is 0.935 bits per heavy atom. The van der Waals surface area contributed by atoms with Gasteiger partial charge in [0.1, 0.15) is 0 Å². The van der Waals surface area contributed by atoms with Gasteiger partial charge in [0, 0.05) is 16.7 Å². The van der Waals surface area contributed by atoms with Gasteiger partial charge < -0.3 is 5.32 Å². The van der Waals surface area contributed by atoms with Crippen molar-refractivity contribution >= 4 is 18.0 Å². The minimum absolute atomic E-state index is 0.239. The molecule has 1 saturated heterocycles. The maximum Gasteiger partial charge on any atom is 0.304 e. The Hall–Kier alpha value is -3.73. The molecule has 2 amide bonds. The second kappa shape index (κ2) is 8.56. The van der Waals surface area contributed by atoms with Crippen LogP contribution in [0.4, 0.5) is 0 Å². The highest BCUT2D eigenvalue weighted by Gasteiger charge is 2.47. The minimum atomic E-state index is -0.725. The standard InChI is InChI=1S/C26H25N3O2/c1-17-14-18(2)22(19(3)15-17)16-29-24(20-10-6-4-7-11-20)23(26(31)28-29)27-25(30)21-12-8-5-9-13-21/h4-16,23-24H,1-3H3,(H-,27,28,30,31)/p+1/b29-16-/t23-,24-/m1/s1. The molecule has 0 unspecified atom stereocenters. The normalized spacial score (nSPS) is 19.3. The number of carbonyl (C=O) groups is 2. The lowest BCUT2D eigenvalue weighted by molar-refractivity contribution is -0.596. The van der Waals surface area contributed by atoms with E-state index in [1.807, 2.05) is 47.3 Å². The molecule has 2 N–H and O–H groups in total. The second-order valence-electron chi connectivity index (χ2n) is 8.00. The van der Waals surface area contributed by atoms with E-state index in [4.69, 9.17) is 0 Å². The molecule has 3 aromatic carbocycles. The molecule has 31 heavy (non-hydrogen) atoms. The predicted molar refractivity (Wildman–Crippen MR) is 121 cm³/mol. The molecule has 4 rings (SSSR count). The molecule has 0 aliphatic carbocycles. The van der Waals surface area contributed by atoms with Gasteiger partial charge in [0.05, 0.1) is 0 Å². The van der Waals surface area contributed by atoms with Gasteiger partial charge >= 0.3 is 5.91 Å². The molecule has 2 atom stereocenters. The van der Waals surface area contributed by atoms with Crippen LogP contribution < -0.4 is 10.7 Å². The first kappa shape index (κ1) is 20.5. The molecule has 0 radical (unpaired) electrons. The smallest absolute Gasteiger partial charge is 0.304 e. The zero-order valence-electron chi connectivity index (χ0n) is 17.9. The third-order valence-corrected chi connectivity index (χ3v) is 5.61. The topological polar surface area (TPSA) is 61.2 Å². The fraction of sp³-hybridized carbons (Fsp3) is 0.192. The van der Waals surface area contributed by atoms with E-state index in [2.05, 4.69) is 43.6 Å². The number of rotatable bonds is 4. The van der Waals surface area contributed by atoms with E-state index in [1.54, 1.807) is 24.3 Å². The van der Waals surface area contributed by atoms with Crippen molar-refractivity contribution in [2.75, 3.05) is 0 Å². The van der Waals surface area contributed by atoms with Gasteiger partial charge in [0.25, 0.3) is 5.91 Å². The van der Waals surface area contributed by atoms with Gasteiger partial charge in [-0.05, 0) is 44.0 Å². The molecule has 5 heteroatoms. The van der Waals surface area contributed by atoms with Crippen molar-refractivity contribution in [3.63, 3.8) is 0 Å². The highest BCUT2D eigenvalue weighted by molar-refractivity contribution is 5.98. The van der Waals surface area contributed by atoms with Crippen LogP contribution in [0, 0.1) is 20.8 Å². The van der Waals surface area contributed by atoms with Crippen LogP contribution in [0.2, 0.25) is 0 Å². The largest absolute Gasteiger partial charge is 0.334 e. The monoisotopic (exact) mass is 412 g/mol. The van der Waals surface area contributed by atoms with Gasteiger partial charge in [-0.1, -0.05) is 66.2 Å². The number of nitrogens with one attached hydrogen (secondary N) is 2. The molecule has 3 aromatic rings. The van der Waals surface area contributed by atoms with Crippen LogP contribution >= 0.6 is 0 Å². The first-order valence-electron chi connectivity index (χ1n) is 10.4. The SMILES string of the molecule is Cc1cc(C)c(/C=[N+]2\NC(=O)[C@H](NC(=O)c3ccccc3)[C@H]2c2ccccc2)c(C)c1. The first-order valence-corrected chi connectivity index (χ1v) is 10.4. The summed E-state index contributed by atoms with van der Waals surface area (Å²) in [5.41, 5.74) is 8.94. The van der Waals surface area contributed by atoms with Crippen LogP contribution in [0.3, 0.4) is 0 Å². The molecule has 156 valence electrons. The number of amides is 2. The summed E-state index contributed by atoms with van der Waals surface area (Å²) in [6, 6.07) is 21.9. The Morgan fingerprint density at radius 2 is 1.52 bits per heavy atom. The molecular weight excluding hydrogens is 386 g/mol. The maximum atomic E-state index is 13.0. The van der Waals surface area contributed by atoms with E-state index in [1.165, 1.54) is 5.56 Å². The summed E-state index contributed by atoms with van der Waals surface area (Å²) >= 11 is 0. The molecule has 1 heterocycles. The third-order valence-electron chi connectivity index (χ3n) is 5.61. The lowest BCUT2D eigenvalue weighted by Gasteiger charge is -2.15. The molecule has 0 aromatic heterocycles. The van der Waals surface area contributed by atoms with Gasteiger partial charge in [0.2, 0.25) is 12.3 Å². The van der Waals surface area contributed by atoms with Crippen molar-refractivity contribution in [3.05, 3.63) is 106 Å². The summed E-state index contributed by atoms with van der Waals surface area (Å²) < 4.78 is 1.82. The highest BCUT2D eigenvalue weighted by Crippen LogP contribution is 2.26. The first-order chi connectivity index (χ1) is 14.9. The van der Waals surface area contributed by atoms with Crippen molar-refractivity contribution in [1.29, 1.82) is 0 Å². The van der Waals surface area contributed by atoms with E-state index in [0.717, 1.165) is 22.3 Å². The molecular formula is C26H26N3O2+. The summed E-state index contributed by atoms with van der Waals surface area (Å²) in [7, 11) is 0. The van der Waals surface area contributed by atoms with Crippen molar-refractivity contribution < 1.29 is 14.3 Å². The number of hydrazine groups is 1. The Kier molecular flexibility index (Phi) is 5.67. The van der Waals surface area contributed by atoms with Crippen molar-refractivity contribution in [2.45, 2.75) is 32.9 Å². The van der Waals surface area contributed by atoms with E-state index in [-0.39, 0.29) is 17.9 Å². The fourth-order valence-electron chi connectivity index (χ4n) is 4.18. The van der Waals surface area contributed by atoms with Gasteiger partial charge in [0.15, 0.2) is 6.04 Å². The number of carbonyl (C=O) groups excluding carboxylic acids is 2. The number of nitrogens with zero attached hydrogens (tertiary/aromatic N) is 1. The second-order valence-corrected chi connectivity index (χ2v) is 8.00. The zero-order chi connectivity index (χ0) is 22.0. The van der Waals surface area contributed by atoms with E-state index >= 15 is 0 Å². The summed E-state index contributed by atoms with van der Waals surface area (Å²) in [6.07, 6.45) is 1.97. The quantitative estimate of drug-likeness (QED) is 0.643. The molecule has 5 nitrogen and oxygen atoms in total. The number of benzene rings is 3.